The summed E-state index contributed by atoms with van der Waals surface area (Å²) in [5.41, 5.74) is 1.19. The molecule has 6 heteroatoms. The van der Waals surface area contributed by atoms with E-state index in [1.54, 1.807) is 6.92 Å². The molecule has 1 atom stereocenters. The van der Waals surface area contributed by atoms with Crippen LogP contribution in [0.4, 0.5) is 11.4 Å². The lowest BCUT2D eigenvalue weighted by atomic mass is 9.95. The summed E-state index contributed by atoms with van der Waals surface area (Å²) < 4.78 is 5.40. The molecule has 1 amide bonds. The number of carbonyl (C=O) groups is 1. The summed E-state index contributed by atoms with van der Waals surface area (Å²) in [6.45, 7) is 9.33. The Labute approximate surface area is 130 Å². The number of carbonyl (C=O) groups excluding carboxylic acids is 1. The van der Waals surface area contributed by atoms with Gasteiger partial charge in [0.15, 0.2) is 0 Å². The van der Waals surface area contributed by atoms with Gasteiger partial charge < -0.3 is 15.1 Å². The fraction of sp³-hybridized carbons (Fsp3) is 0.438. The molecular weight excluding hydrogens is 280 g/mol. The number of aryl methyl sites for hydroxylation is 1. The van der Waals surface area contributed by atoms with Crippen LogP contribution in [0.25, 0.3) is 0 Å². The van der Waals surface area contributed by atoms with Crippen LogP contribution in [0.2, 0.25) is 0 Å². The molecule has 0 radical (unpaired) electrons. The second kappa shape index (κ2) is 6.17. The summed E-state index contributed by atoms with van der Waals surface area (Å²) >= 11 is 0. The number of nitrogens with zero attached hydrogens (tertiary/aromatic N) is 2. The summed E-state index contributed by atoms with van der Waals surface area (Å²) in [7, 11) is 0. The monoisotopic (exact) mass is 302 g/mol. The van der Waals surface area contributed by atoms with Crippen LogP contribution >= 0.6 is 0 Å². The normalized spacial score (nSPS) is 12.8. The van der Waals surface area contributed by atoms with Crippen molar-refractivity contribution >= 4 is 17.3 Å². The van der Waals surface area contributed by atoms with Crippen LogP contribution in [0.5, 0.6) is 0 Å². The van der Waals surface area contributed by atoms with E-state index < -0.39 is 5.41 Å². The Morgan fingerprint density at radius 1 is 1.23 bits per heavy atom. The summed E-state index contributed by atoms with van der Waals surface area (Å²) in [5.74, 6) is 1.04. The standard InChI is InChI=1S/C16H22N4O2/c1-10(14-20-19-11(2)22-14)17-12-7-6-8-13(9-12)18-15(21)16(3,4)5/h6-10,17H,1-5H3,(H,18,21). The van der Waals surface area contributed by atoms with Crippen molar-refractivity contribution in [1.29, 1.82) is 0 Å². The highest BCUT2D eigenvalue weighted by Crippen LogP contribution is 2.23. The van der Waals surface area contributed by atoms with E-state index in [2.05, 4.69) is 20.8 Å². The van der Waals surface area contributed by atoms with E-state index in [1.807, 2.05) is 52.0 Å². The van der Waals surface area contributed by atoms with Gasteiger partial charge in [-0.05, 0) is 25.1 Å². The molecule has 2 aromatic rings. The van der Waals surface area contributed by atoms with Gasteiger partial charge in [0, 0.05) is 23.7 Å². The molecule has 0 aliphatic rings. The van der Waals surface area contributed by atoms with Crippen molar-refractivity contribution in [3.63, 3.8) is 0 Å². The number of nitrogens with one attached hydrogen (secondary N) is 2. The van der Waals surface area contributed by atoms with Crippen molar-refractivity contribution in [1.82, 2.24) is 10.2 Å². The van der Waals surface area contributed by atoms with E-state index in [-0.39, 0.29) is 11.9 Å². The van der Waals surface area contributed by atoms with Crippen LogP contribution in [-0.2, 0) is 4.79 Å². The van der Waals surface area contributed by atoms with E-state index in [0.29, 0.717) is 11.8 Å². The molecule has 22 heavy (non-hydrogen) atoms. The minimum atomic E-state index is -0.433. The zero-order valence-electron chi connectivity index (χ0n) is 13.6. The van der Waals surface area contributed by atoms with Gasteiger partial charge in [-0.1, -0.05) is 26.8 Å². The third-order valence-electron chi connectivity index (χ3n) is 3.10. The Hall–Kier alpha value is -2.37. The van der Waals surface area contributed by atoms with Crippen molar-refractivity contribution in [3.05, 3.63) is 36.0 Å². The number of aromatic nitrogens is 2. The Bertz CT molecular complexity index is 658. The molecule has 1 heterocycles. The van der Waals surface area contributed by atoms with Gasteiger partial charge in [-0.2, -0.15) is 0 Å². The average molecular weight is 302 g/mol. The van der Waals surface area contributed by atoms with Crippen LogP contribution in [0, 0.1) is 12.3 Å². The maximum absolute atomic E-state index is 12.0. The van der Waals surface area contributed by atoms with Gasteiger partial charge in [-0.25, -0.2) is 0 Å². The summed E-state index contributed by atoms with van der Waals surface area (Å²) in [5, 5.41) is 14.0. The predicted octanol–water partition coefficient (Wildman–Crippen LogP) is 3.54. The second-order valence-electron chi connectivity index (χ2n) is 6.31. The van der Waals surface area contributed by atoms with Gasteiger partial charge in [0.05, 0.1) is 0 Å². The molecule has 0 aliphatic carbocycles. The molecule has 0 bridgehead atoms. The lowest BCUT2D eigenvalue weighted by Gasteiger charge is -2.18. The maximum atomic E-state index is 12.0. The highest BCUT2D eigenvalue weighted by atomic mass is 16.4. The van der Waals surface area contributed by atoms with Crippen molar-refractivity contribution in [2.75, 3.05) is 10.6 Å². The van der Waals surface area contributed by atoms with Gasteiger partial charge in [0.25, 0.3) is 0 Å². The predicted molar refractivity (Wildman–Crippen MR) is 85.6 cm³/mol. The first-order valence-electron chi connectivity index (χ1n) is 7.24. The lowest BCUT2D eigenvalue weighted by Crippen LogP contribution is -2.27. The van der Waals surface area contributed by atoms with E-state index in [9.17, 15) is 4.79 Å². The minimum absolute atomic E-state index is 0.0229. The van der Waals surface area contributed by atoms with Crippen molar-refractivity contribution in [2.45, 2.75) is 40.7 Å². The number of amides is 1. The van der Waals surface area contributed by atoms with Crippen molar-refractivity contribution in [2.24, 2.45) is 5.41 Å². The fourth-order valence-corrected chi connectivity index (χ4v) is 1.80. The third-order valence-corrected chi connectivity index (χ3v) is 3.10. The van der Waals surface area contributed by atoms with E-state index in [0.717, 1.165) is 11.4 Å². The van der Waals surface area contributed by atoms with Gasteiger partial charge in [0.2, 0.25) is 17.7 Å². The van der Waals surface area contributed by atoms with Gasteiger partial charge in [-0.3, -0.25) is 4.79 Å². The van der Waals surface area contributed by atoms with Crippen molar-refractivity contribution < 1.29 is 9.21 Å². The molecule has 0 saturated carbocycles. The molecule has 1 aromatic heterocycles. The Kier molecular flexibility index (Phi) is 4.49. The topological polar surface area (TPSA) is 80.0 Å². The van der Waals surface area contributed by atoms with Crippen LogP contribution in [0.3, 0.4) is 0 Å². The second-order valence-corrected chi connectivity index (χ2v) is 6.31. The van der Waals surface area contributed by atoms with Gasteiger partial charge in [-0.15, -0.1) is 10.2 Å². The first kappa shape index (κ1) is 16.0. The summed E-state index contributed by atoms with van der Waals surface area (Å²) in [4.78, 5) is 12.0. The quantitative estimate of drug-likeness (QED) is 0.903. The van der Waals surface area contributed by atoms with Crippen LogP contribution in [0.15, 0.2) is 28.7 Å². The number of benzene rings is 1. The van der Waals surface area contributed by atoms with Gasteiger partial charge >= 0.3 is 0 Å². The molecule has 1 aromatic carbocycles. The molecule has 1 unspecified atom stereocenters. The molecule has 6 nitrogen and oxygen atoms in total. The molecular formula is C16H22N4O2. The molecule has 0 aliphatic heterocycles. The number of hydrogen-bond acceptors (Lipinski definition) is 5. The van der Waals surface area contributed by atoms with E-state index in [1.165, 1.54) is 0 Å². The van der Waals surface area contributed by atoms with Crippen LogP contribution < -0.4 is 10.6 Å². The minimum Gasteiger partial charge on any atom is -0.423 e. The molecule has 0 fully saturated rings. The molecule has 0 spiro atoms. The summed E-state index contributed by atoms with van der Waals surface area (Å²) in [6, 6.07) is 7.42. The smallest absolute Gasteiger partial charge is 0.238 e. The number of hydrogen-bond donors (Lipinski definition) is 2. The molecule has 2 rings (SSSR count). The van der Waals surface area contributed by atoms with E-state index in [4.69, 9.17) is 4.42 Å². The highest BCUT2D eigenvalue weighted by Gasteiger charge is 2.21. The highest BCUT2D eigenvalue weighted by molar-refractivity contribution is 5.94. The third kappa shape index (κ3) is 4.07. The number of rotatable bonds is 4. The Morgan fingerprint density at radius 2 is 1.91 bits per heavy atom. The first-order chi connectivity index (χ1) is 10.3. The SMILES string of the molecule is Cc1nnc(C(C)Nc2cccc(NC(=O)C(C)(C)C)c2)o1. The fourth-order valence-electron chi connectivity index (χ4n) is 1.80. The zero-order valence-corrected chi connectivity index (χ0v) is 13.6. The number of anilines is 2. The maximum Gasteiger partial charge on any atom is 0.238 e. The molecule has 0 saturated heterocycles. The van der Waals surface area contributed by atoms with Crippen LogP contribution in [-0.4, -0.2) is 16.1 Å². The summed E-state index contributed by atoms with van der Waals surface area (Å²) in [6.07, 6.45) is 0. The Balaban J connectivity index is 2.07. The van der Waals surface area contributed by atoms with Gasteiger partial charge in [0.1, 0.15) is 6.04 Å². The zero-order chi connectivity index (χ0) is 16.3. The van der Waals surface area contributed by atoms with E-state index >= 15 is 0 Å². The average Bonchev–Trinajstić information content (AvgIpc) is 2.85. The Morgan fingerprint density at radius 3 is 2.50 bits per heavy atom. The largest absolute Gasteiger partial charge is 0.423 e. The lowest BCUT2D eigenvalue weighted by molar-refractivity contribution is -0.123. The first-order valence-corrected chi connectivity index (χ1v) is 7.24. The molecule has 118 valence electrons. The van der Waals surface area contributed by atoms with Crippen LogP contribution in [0.1, 0.15) is 45.5 Å². The molecule has 2 N–H and O–H groups in total. The van der Waals surface area contributed by atoms with Crippen molar-refractivity contribution in [3.8, 4) is 0 Å².